The predicted molar refractivity (Wildman–Crippen MR) is 106 cm³/mol. The third-order valence-electron chi connectivity index (χ3n) is 3.99. The van der Waals surface area contributed by atoms with Crippen LogP contribution in [-0.2, 0) is 0 Å². The highest BCUT2D eigenvalue weighted by atomic mass is 35.5. The normalized spacial score (nSPS) is 11.0. The molecule has 0 fully saturated rings. The van der Waals surface area contributed by atoms with Gasteiger partial charge < -0.3 is 14.7 Å². The summed E-state index contributed by atoms with van der Waals surface area (Å²) in [6.07, 6.45) is 0.909. The molecule has 2 aromatic carbocycles. The number of nitrogens with zero attached hydrogens (tertiary/aromatic N) is 3. The first-order valence-electron chi connectivity index (χ1n) is 8.66. The van der Waals surface area contributed by atoms with E-state index in [1.54, 1.807) is 36.4 Å². The smallest absolute Gasteiger partial charge is 0.258 e. The van der Waals surface area contributed by atoms with Gasteiger partial charge in [0.05, 0.1) is 0 Å². The Kier molecular flexibility index (Phi) is 6.21. The van der Waals surface area contributed by atoms with Crippen molar-refractivity contribution in [3.8, 4) is 22.8 Å². The van der Waals surface area contributed by atoms with Crippen molar-refractivity contribution in [1.82, 2.24) is 20.4 Å². The number of halogens is 1. The summed E-state index contributed by atoms with van der Waals surface area (Å²) in [7, 11) is 4.02. The van der Waals surface area contributed by atoms with Crippen molar-refractivity contribution < 1.29 is 9.32 Å². The molecule has 0 aliphatic heterocycles. The Bertz CT molecular complexity index is 889. The van der Waals surface area contributed by atoms with Crippen LogP contribution in [0.5, 0.6) is 0 Å². The van der Waals surface area contributed by atoms with E-state index in [9.17, 15) is 4.79 Å². The maximum Gasteiger partial charge on any atom is 0.258 e. The summed E-state index contributed by atoms with van der Waals surface area (Å²) in [5.41, 5.74) is 2.18. The molecule has 3 aromatic rings. The Morgan fingerprint density at radius 3 is 2.41 bits per heavy atom. The van der Waals surface area contributed by atoms with Gasteiger partial charge in [0.25, 0.3) is 11.8 Å². The summed E-state index contributed by atoms with van der Waals surface area (Å²) in [6.45, 7) is 1.58. The van der Waals surface area contributed by atoms with Crippen LogP contribution in [0, 0.1) is 0 Å². The van der Waals surface area contributed by atoms with E-state index in [1.165, 1.54) is 0 Å². The van der Waals surface area contributed by atoms with Crippen molar-refractivity contribution in [3.05, 3.63) is 59.1 Å². The third-order valence-corrected chi connectivity index (χ3v) is 4.24. The fraction of sp³-hybridized carbons (Fsp3) is 0.250. The minimum atomic E-state index is -0.0901. The van der Waals surface area contributed by atoms with Crippen LogP contribution in [0.25, 0.3) is 22.8 Å². The van der Waals surface area contributed by atoms with Gasteiger partial charge >= 0.3 is 0 Å². The molecule has 0 bridgehead atoms. The number of benzene rings is 2. The zero-order chi connectivity index (χ0) is 19.2. The van der Waals surface area contributed by atoms with E-state index in [-0.39, 0.29) is 5.91 Å². The fourth-order valence-corrected chi connectivity index (χ4v) is 2.65. The van der Waals surface area contributed by atoms with Crippen LogP contribution in [0.4, 0.5) is 0 Å². The van der Waals surface area contributed by atoms with E-state index in [0.717, 1.165) is 24.1 Å². The summed E-state index contributed by atoms with van der Waals surface area (Å²) in [4.78, 5) is 18.7. The number of hydrogen-bond acceptors (Lipinski definition) is 5. The molecule has 3 rings (SSSR count). The molecule has 0 atom stereocenters. The molecule has 0 saturated carbocycles. The summed E-state index contributed by atoms with van der Waals surface area (Å²) >= 11 is 5.90. The van der Waals surface area contributed by atoms with Gasteiger partial charge in [-0.3, -0.25) is 4.79 Å². The predicted octanol–water partition coefficient (Wildman–Crippen LogP) is 3.74. The zero-order valence-electron chi connectivity index (χ0n) is 15.3. The lowest BCUT2D eigenvalue weighted by Crippen LogP contribution is -2.27. The Morgan fingerprint density at radius 2 is 1.74 bits per heavy atom. The van der Waals surface area contributed by atoms with Crippen molar-refractivity contribution in [2.45, 2.75) is 6.42 Å². The lowest BCUT2D eigenvalue weighted by atomic mass is 10.1. The number of carbonyl (C=O) groups excluding carboxylic acids is 1. The molecule has 140 valence electrons. The van der Waals surface area contributed by atoms with Gasteiger partial charge in [-0.1, -0.05) is 16.8 Å². The second-order valence-corrected chi connectivity index (χ2v) is 6.86. The second-order valence-electron chi connectivity index (χ2n) is 6.42. The summed E-state index contributed by atoms with van der Waals surface area (Å²) in [5, 5.41) is 7.57. The number of nitrogens with one attached hydrogen (secondary N) is 1. The monoisotopic (exact) mass is 384 g/mol. The molecular formula is C20H21ClN4O2. The van der Waals surface area contributed by atoms with Crippen LogP contribution in [0.3, 0.4) is 0 Å². The van der Waals surface area contributed by atoms with Crippen LogP contribution in [0.1, 0.15) is 16.8 Å². The molecule has 1 aromatic heterocycles. The fourth-order valence-electron chi connectivity index (χ4n) is 2.52. The van der Waals surface area contributed by atoms with E-state index in [1.807, 2.05) is 26.2 Å². The van der Waals surface area contributed by atoms with Gasteiger partial charge in [0.1, 0.15) is 0 Å². The molecule has 6 nitrogen and oxygen atoms in total. The molecule has 1 amide bonds. The number of amides is 1. The lowest BCUT2D eigenvalue weighted by molar-refractivity contribution is 0.0952. The average Bonchev–Trinajstić information content (AvgIpc) is 3.16. The van der Waals surface area contributed by atoms with Gasteiger partial charge in [0.2, 0.25) is 5.82 Å². The highest BCUT2D eigenvalue weighted by molar-refractivity contribution is 6.30. The number of rotatable bonds is 7. The second kappa shape index (κ2) is 8.79. The Morgan fingerprint density at radius 1 is 1.07 bits per heavy atom. The minimum Gasteiger partial charge on any atom is -0.352 e. The van der Waals surface area contributed by atoms with Gasteiger partial charge in [-0.2, -0.15) is 4.98 Å². The molecule has 0 unspecified atom stereocenters. The lowest BCUT2D eigenvalue weighted by Gasteiger charge is -2.09. The SMILES string of the molecule is CN(C)CCCNC(=O)c1ccc(-c2nc(-c3ccc(Cl)cc3)no2)cc1. The van der Waals surface area contributed by atoms with Gasteiger partial charge in [-0.05, 0) is 75.6 Å². The van der Waals surface area contributed by atoms with Crippen LogP contribution < -0.4 is 5.32 Å². The van der Waals surface area contributed by atoms with Crippen molar-refractivity contribution in [2.24, 2.45) is 0 Å². The maximum absolute atomic E-state index is 12.2. The van der Waals surface area contributed by atoms with Crippen LogP contribution >= 0.6 is 11.6 Å². The van der Waals surface area contributed by atoms with E-state index in [4.69, 9.17) is 16.1 Å². The Balaban J connectivity index is 1.63. The first-order valence-corrected chi connectivity index (χ1v) is 9.04. The standard InChI is InChI=1S/C20H21ClN4O2/c1-25(2)13-3-12-22-19(26)15-4-6-16(7-5-15)20-23-18(24-27-20)14-8-10-17(21)11-9-14/h4-11H,3,12-13H2,1-2H3,(H,22,26). The van der Waals surface area contributed by atoms with Crippen LogP contribution in [0.15, 0.2) is 53.1 Å². The van der Waals surface area contributed by atoms with E-state index in [0.29, 0.717) is 28.8 Å². The average molecular weight is 385 g/mol. The zero-order valence-corrected chi connectivity index (χ0v) is 16.0. The van der Waals surface area contributed by atoms with Crippen LogP contribution in [0.2, 0.25) is 5.02 Å². The quantitative estimate of drug-likeness (QED) is 0.628. The molecule has 0 spiro atoms. The van der Waals surface area contributed by atoms with Crippen molar-refractivity contribution in [3.63, 3.8) is 0 Å². The molecule has 1 heterocycles. The Labute approximate surface area is 163 Å². The molecular weight excluding hydrogens is 364 g/mol. The number of hydrogen-bond donors (Lipinski definition) is 1. The topological polar surface area (TPSA) is 71.3 Å². The highest BCUT2D eigenvalue weighted by Crippen LogP contribution is 2.23. The molecule has 7 heteroatoms. The van der Waals surface area contributed by atoms with Crippen LogP contribution in [-0.4, -0.2) is 48.1 Å². The van der Waals surface area contributed by atoms with Gasteiger partial charge in [-0.25, -0.2) is 0 Å². The van der Waals surface area contributed by atoms with Gasteiger partial charge in [-0.15, -0.1) is 0 Å². The summed E-state index contributed by atoms with van der Waals surface area (Å²) < 4.78 is 5.34. The summed E-state index contributed by atoms with van der Waals surface area (Å²) in [6, 6.07) is 14.3. The van der Waals surface area contributed by atoms with Crippen molar-refractivity contribution >= 4 is 17.5 Å². The molecule has 27 heavy (non-hydrogen) atoms. The number of aromatic nitrogens is 2. The van der Waals surface area contributed by atoms with Gasteiger partial charge in [0, 0.05) is 28.3 Å². The molecule has 1 N–H and O–H groups in total. The molecule has 0 aliphatic rings. The van der Waals surface area contributed by atoms with Crippen molar-refractivity contribution in [2.75, 3.05) is 27.2 Å². The molecule has 0 saturated heterocycles. The van der Waals surface area contributed by atoms with Gasteiger partial charge in [0.15, 0.2) is 0 Å². The Hall–Kier alpha value is -2.70. The third kappa shape index (κ3) is 5.15. The number of carbonyl (C=O) groups is 1. The first kappa shape index (κ1) is 19.1. The van der Waals surface area contributed by atoms with Crippen molar-refractivity contribution in [1.29, 1.82) is 0 Å². The first-order chi connectivity index (χ1) is 13.0. The maximum atomic E-state index is 12.2. The van der Waals surface area contributed by atoms with E-state index < -0.39 is 0 Å². The molecule has 0 aliphatic carbocycles. The molecule has 0 radical (unpaired) electrons. The minimum absolute atomic E-state index is 0.0901. The highest BCUT2D eigenvalue weighted by Gasteiger charge is 2.12. The van der Waals surface area contributed by atoms with E-state index >= 15 is 0 Å². The largest absolute Gasteiger partial charge is 0.352 e. The summed E-state index contributed by atoms with van der Waals surface area (Å²) in [5.74, 6) is 0.801. The van der Waals surface area contributed by atoms with E-state index in [2.05, 4.69) is 20.4 Å².